The number of nitrogen functional groups attached to an aromatic ring is 1. The molecule has 0 unspecified atom stereocenters. The van der Waals surface area contributed by atoms with E-state index in [0.29, 0.717) is 18.0 Å². The second kappa shape index (κ2) is 4.88. The van der Waals surface area contributed by atoms with Gasteiger partial charge in [-0.3, -0.25) is 9.48 Å². The topological polar surface area (TPSA) is 73.4 Å². The van der Waals surface area contributed by atoms with E-state index >= 15 is 0 Å². The fraction of sp³-hybridized carbons (Fsp3) is 0.286. The summed E-state index contributed by atoms with van der Waals surface area (Å²) < 4.78 is 7.26. The van der Waals surface area contributed by atoms with Gasteiger partial charge in [-0.25, -0.2) is 0 Å². The van der Waals surface area contributed by atoms with Crippen molar-refractivity contribution in [2.24, 2.45) is 0 Å². The third kappa shape index (κ3) is 2.20. The van der Waals surface area contributed by atoms with Crippen LogP contribution in [0.5, 0.6) is 5.75 Å². The van der Waals surface area contributed by atoms with Gasteiger partial charge in [0.25, 0.3) is 5.91 Å². The number of ether oxygens (including phenoxy) is 1. The molecule has 3 rings (SSSR count). The predicted molar refractivity (Wildman–Crippen MR) is 75.4 cm³/mol. The quantitative estimate of drug-likeness (QED) is 0.857. The van der Waals surface area contributed by atoms with Crippen LogP contribution in [0.2, 0.25) is 0 Å². The number of carbonyl (C=O) groups is 1. The van der Waals surface area contributed by atoms with Gasteiger partial charge in [-0.1, -0.05) is 0 Å². The van der Waals surface area contributed by atoms with Crippen LogP contribution in [0.1, 0.15) is 12.5 Å². The molecule has 0 radical (unpaired) electrons. The largest absolute Gasteiger partial charge is 0.481 e. The highest BCUT2D eigenvalue weighted by Gasteiger charge is 2.25. The Morgan fingerprint density at radius 2 is 2.30 bits per heavy atom. The molecule has 0 saturated carbocycles. The van der Waals surface area contributed by atoms with Crippen molar-refractivity contribution in [2.45, 2.75) is 20.0 Å². The Bertz CT molecular complexity index is 650. The van der Waals surface area contributed by atoms with Gasteiger partial charge in [-0.05, 0) is 19.1 Å². The van der Waals surface area contributed by atoms with E-state index < -0.39 is 0 Å². The lowest BCUT2D eigenvalue weighted by molar-refractivity contribution is -0.121. The normalized spacial score (nSPS) is 14.1. The third-order valence-electron chi connectivity index (χ3n) is 3.28. The minimum absolute atomic E-state index is 0.0400. The monoisotopic (exact) mass is 272 g/mol. The number of carbonyl (C=O) groups excluding carboxylic acids is 1. The van der Waals surface area contributed by atoms with E-state index in [1.54, 1.807) is 23.2 Å². The molecule has 2 N–H and O–H groups in total. The lowest BCUT2D eigenvalue weighted by atomic mass is 10.2. The predicted octanol–water partition coefficient (Wildman–Crippen LogP) is 1.41. The summed E-state index contributed by atoms with van der Waals surface area (Å²) >= 11 is 0. The number of rotatable bonds is 3. The van der Waals surface area contributed by atoms with Gasteiger partial charge in [0.1, 0.15) is 5.75 Å². The van der Waals surface area contributed by atoms with Crippen LogP contribution in [0.15, 0.2) is 30.6 Å². The summed E-state index contributed by atoms with van der Waals surface area (Å²) in [4.78, 5) is 13.8. The smallest absolute Gasteiger partial charge is 0.265 e. The molecule has 20 heavy (non-hydrogen) atoms. The molecule has 0 atom stereocenters. The molecule has 1 amide bonds. The van der Waals surface area contributed by atoms with Gasteiger partial charge in [0, 0.05) is 30.1 Å². The molecule has 104 valence electrons. The Kier molecular flexibility index (Phi) is 3.06. The van der Waals surface area contributed by atoms with Crippen LogP contribution in [-0.2, 0) is 17.9 Å². The first-order valence-electron chi connectivity index (χ1n) is 6.51. The summed E-state index contributed by atoms with van der Waals surface area (Å²) in [6.45, 7) is 3.36. The van der Waals surface area contributed by atoms with Gasteiger partial charge >= 0.3 is 0 Å². The molecular weight excluding hydrogens is 256 g/mol. The van der Waals surface area contributed by atoms with Crippen LogP contribution in [0, 0.1) is 0 Å². The number of nitrogens with zero attached hydrogens (tertiary/aromatic N) is 3. The van der Waals surface area contributed by atoms with Crippen molar-refractivity contribution in [1.29, 1.82) is 0 Å². The first kappa shape index (κ1) is 12.5. The zero-order chi connectivity index (χ0) is 14.1. The van der Waals surface area contributed by atoms with E-state index in [0.717, 1.165) is 17.8 Å². The summed E-state index contributed by atoms with van der Waals surface area (Å²) in [6.07, 6.45) is 3.73. The Morgan fingerprint density at radius 1 is 1.45 bits per heavy atom. The maximum atomic E-state index is 12.1. The number of fused-ring (bicyclic) bond motifs is 1. The Labute approximate surface area is 116 Å². The molecular formula is C14H16N4O2. The van der Waals surface area contributed by atoms with Crippen LogP contribution in [0.25, 0.3) is 0 Å². The standard InChI is InChI=1S/C14H16N4O2/c1-2-17-7-10(6-16-17)8-18-12-4-3-11(15)5-13(12)20-9-14(18)19/h3-7H,2,8-9,15H2,1H3. The molecule has 1 aliphatic heterocycles. The molecule has 2 aromatic rings. The zero-order valence-corrected chi connectivity index (χ0v) is 11.2. The van der Waals surface area contributed by atoms with E-state index in [1.165, 1.54) is 0 Å². The molecule has 6 nitrogen and oxygen atoms in total. The molecule has 2 heterocycles. The molecule has 1 aliphatic rings. The van der Waals surface area contributed by atoms with Crippen molar-refractivity contribution in [3.05, 3.63) is 36.2 Å². The van der Waals surface area contributed by atoms with Gasteiger partial charge in [0.05, 0.1) is 18.4 Å². The van der Waals surface area contributed by atoms with E-state index in [-0.39, 0.29) is 12.5 Å². The fourth-order valence-electron chi connectivity index (χ4n) is 2.24. The number of anilines is 2. The first-order valence-corrected chi connectivity index (χ1v) is 6.51. The molecule has 1 aromatic heterocycles. The third-order valence-corrected chi connectivity index (χ3v) is 3.28. The van der Waals surface area contributed by atoms with Crippen molar-refractivity contribution in [3.63, 3.8) is 0 Å². The highest BCUT2D eigenvalue weighted by atomic mass is 16.5. The summed E-state index contributed by atoms with van der Waals surface area (Å²) in [5, 5.41) is 4.22. The van der Waals surface area contributed by atoms with Crippen molar-refractivity contribution in [2.75, 3.05) is 17.2 Å². The number of aryl methyl sites for hydroxylation is 1. The van der Waals surface area contributed by atoms with Crippen LogP contribution in [0.4, 0.5) is 11.4 Å². The van der Waals surface area contributed by atoms with Gasteiger partial charge in [0.15, 0.2) is 6.61 Å². The van der Waals surface area contributed by atoms with Gasteiger partial charge < -0.3 is 15.4 Å². The molecule has 1 aromatic carbocycles. The van der Waals surface area contributed by atoms with Crippen molar-refractivity contribution in [1.82, 2.24) is 9.78 Å². The van der Waals surface area contributed by atoms with E-state index in [4.69, 9.17) is 10.5 Å². The number of amides is 1. The van der Waals surface area contributed by atoms with Crippen molar-refractivity contribution >= 4 is 17.3 Å². The Hall–Kier alpha value is -2.50. The molecule has 0 saturated heterocycles. The van der Waals surface area contributed by atoms with Gasteiger partial charge in [0.2, 0.25) is 0 Å². The number of aromatic nitrogens is 2. The second-order valence-electron chi connectivity index (χ2n) is 4.70. The molecule has 0 spiro atoms. The lowest BCUT2D eigenvalue weighted by Crippen LogP contribution is -2.38. The average Bonchev–Trinajstić information content (AvgIpc) is 2.90. The van der Waals surface area contributed by atoms with Crippen molar-refractivity contribution < 1.29 is 9.53 Å². The minimum atomic E-state index is -0.0634. The van der Waals surface area contributed by atoms with E-state index in [9.17, 15) is 4.79 Å². The van der Waals surface area contributed by atoms with E-state index in [2.05, 4.69) is 5.10 Å². The average molecular weight is 272 g/mol. The summed E-state index contributed by atoms with van der Waals surface area (Å²) in [6, 6.07) is 5.32. The molecule has 6 heteroatoms. The van der Waals surface area contributed by atoms with Gasteiger partial charge in [-0.15, -0.1) is 0 Å². The van der Waals surface area contributed by atoms with Crippen molar-refractivity contribution in [3.8, 4) is 5.75 Å². The maximum Gasteiger partial charge on any atom is 0.265 e. The maximum absolute atomic E-state index is 12.1. The lowest BCUT2D eigenvalue weighted by Gasteiger charge is -2.29. The zero-order valence-electron chi connectivity index (χ0n) is 11.2. The summed E-state index contributed by atoms with van der Waals surface area (Å²) in [5.74, 6) is 0.582. The second-order valence-corrected chi connectivity index (χ2v) is 4.70. The number of nitrogens with two attached hydrogens (primary N) is 1. The Morgan fingerprint density at radius 3 is 3.05 bits per heavy atom. The highest BCUT2D eigenvalue weighted by Crippen LogP contribution is 2.34. The summed E-state index contributed by atoms with van der Waals surface area (Å²) in [7, 11) is 0. The van der Waals surface area contributed by atoms with Crippen LogP contribution >= 0.6 is 0 Å². The number of hydrogen-bond acceptors (Lipinski definition) is 4. The molecule has 0 aliphatic carbocycles. The number of hydrogen-bond donors (Lipinski definition) is 1. The summed E-state index contributed by atoms with van der Waals surface area (Å²) in [5.41, 5.74) is 8.10. The minimum Gasteiger partial charge on any atom is -0.481 e. The first-order chi connectivity index (χ1) is 9.67. The SMILES string of the molecule is CCn1cc(CN2C(=O)COc3cc(N)ccc32)cn1. The van der Waals surface area contributed by atoms with Crippen LogP contribution in [-0.4, -0.2) is 22.3 Å². The van der Waals surface area contributed by atoms with Gasteiger partial charge in [-0.2, -0.15) is 5.10 Å². The Balaban J connectivity index is 1.90. The highest BCUT2D eigenvalue weighted by molar-refractivity contribution is 5.98. The fourth-order valence-corrected chi connectivity index (χ4v) is 2.24. The van der Waals surface area contributed by atoms with Crippen LogP contribution in [0.3, 0.4) is 0 Å². The van der Waals surface area contributed by atoms with E-state index in [1.807, 2.05) is 23.9 Å². The number of benzene rings is 1. The molecule has 0 bridgehead atoms. The van der Waals surface area contributed by atoms with Crippen LogP contribution < -0.4 is 15.4 Å². The molecule has 0 fully saturated rings.